The van der Waals surface area contributed by atoms with Gasteiger partial charge >= 0.3 is 0 Å². The highest BCUT2D eigenvalue weighted by molar-refractivity contribution is 7.09. The number of hydrogen-bond donors (Lipinski definition) is 1. The summed E-state index contributed by atoms with van der Waals surface area (Å²) in [6.07, 6.45) is 1.58. The first-order chi connectivity index (χ1) is 16.5. The molecule has 2 aromatic carbocycles. The zero-order valence-electron chi connectivity index (χ0n) is 18.1. The zero-order chi connectivity index (χ0) is 23.7. The fourth-order valence-corrected chi connectivity index (χ4v) is 5.46. The number of para-hydroxylation sites is 1. The topological polar surface area (TPSA) is 75.4 Å². The van der Waals surface area contributed by atoms with Gasteiger partial charge in [-0.05, 0) is 36.6 Å². The number of amides is 2. The summed E-state index contributed by atoms with van der Waals surface area (Å²) in [6, 6.07) is 14.7. The molecule has 5 rings (SSSR count). The van der Waals surface area contributed by atoms with Crippen LogP contribution in [0.25, 0.3) is 11.0 Å². The van der Waals surface area contributed by atoms with E-state index in [9.17, 15) is 9.59 Å². The first-order valence-corrected chi connectivity index (χ1v) is 12.6. The molecular formula is C25H21Cl2N3O3S. The van der Waals surface area contributed by atoms with Crippen LogP contribution in [0.5, 0.6) is 0 Å². The van der Waals surface area contributed by atoms with Crippen molar-refractivity contribution in [1.29, 1.82) is 0 Å². The number of rotatable bonds is 5. The molecule has 1 aliphatic heterocycles. The molecule has 1 N–H and O–H groups in total. The molecule has 1 fully saturated rings. The smallest absolute Gasteiger partial charge is 0.289 e. The van der Waals surface area contributed by atoms with E-state index in [1.807, 2.05) is 35.2 Å². The van der Waals surface area contributed by atoms with Crippen molar-refractivity contribution in [3.8, 4) is 0 Å². The summed E-state index contributed by atoms with van der Waals surface area (Å²) in [5, 5.41) is 7.36. The molecule has 2 amide bonds. The zero-order valence-corrected chi connectivity index (χ0v) is 20.4. The van der Waals surface area contributed by atoms with Crippen molar-refractivity contribution in [2.24, 2.45) is 0 Å². The molecule has 0 atom stereocenters. The van der Waals surface area contributed by atoms with E-state index < -0.39 is 0 Å². The summed E-state index contributed by atoms with van der Waals surface area (Å²) in [7, 11) is 0. The number of likely N-dealkylation sites (tertiary alicyclic amines) is 1. The summed E-state index contributed by atoms with van der Waals surface area (Å²) in [5.41, 5.74) is 1.85. The number of thiazole rings is 1. The van der Waals surface area contributed by atoms with Gasteiger partial charge in [0.15, 0.2) is 5.76 Å². The van der Waals surface area contributed by atoms with E-state index in [0.29, 0.717) is 40.2 Å². The van der Waals surface area contributed by atoms with Gasteiger partial charge in [-0.3, -0.25) is 9.59 Å². The van der Waals surface area contributed by atoms with Crippen molar-refractivity contribution < 1.29 is 14.0 Å². The number of aromatic nitrogens is 1. The van der Waals surface area contributed by atoms with E-state index in [-0.39, 0.29) is 24.3 Å². The Bertz CT molecular complexity index is 1330. The maximum absolute atomic E-state index is 12.9. The minimum atomic E-state index is -0.254. The molecule has 2 aromatic heterocycles. The number of nitrogens with zero attached hydrogens (tertiary/aromatic N) is 2. The lowest BCUT2D eigenvalue weighted by Gasteiger charge is -2.30. The van der Waals surface area contributed by atoms with Crippen molar-refractivity contribution in [2.75, 3.05) is 13.1 Å². The minimum Gasteiger partial charge on any atom is -0.451 e. The molecule has 174 valence electrons. The van der Waals surface area contributed by atoms with Crippen LogP contribution in [0.15, 0.2) is 58.3 Å². The number of hydrogen-bond acceptors (Lipinski definition) is 5. The second kappa shape index (κ2) is 9.78. The molecule has 0 spiro atoms. The van der Waals surface area contributed by atoms with Crippen LogP contribution < -0.4 is 5.32 Å². The number of carbonyl (C=O) groups excluding carboxylic acids is 2. The molecular weight excluding hydrogens is 493 g/mol. The van der Waals surface area contributed by atoms with Crippen LogP contribution >= 0.6 is 34.5 Å². The van der Waals surface area contributed by atoms with Crippen molar-refractivity contribution in [3.05, 3.63) is 86.0 Å². The van der Waals surface area contributed by atoms with E-state index in [4.69, 9.17) is 27.6 Å². The van der Waals surface area contributed by atoms with Gasteiger partial charge in [-0.25, -0.2) is 4.98 Å². The van der Waals surface area contributed by atoms with Crippen LogP contribution in [0, 0.1) is 0 Å². The highest BCUT2D eigenvalue weighted by Gasteiger charge is 2.28. The Labute approximate surface area is 210 Å². The number of nitrogens with one attached hydrogen (secondary N) is 1. The summed E-state index contributed by atoms with van der Waals surface area (Å²) < 4.78 is 5.73. The second-order valence-corrected chi connectivity index (χ2v) is 9.86. The molecule has 6 nitrogen and oxygen atoms in total. The molecule has 34 heavy (non-hydrogen) atoms. The van der Waals surface area contributed by atoms with Gasteiger partial charge in [-0.15, -0.1) is 11.3 Å². The number of halogens is 2. The average molecular weight is 514 g/mol. The van der Waals surface area contributed by atoms with E-state index >= 15 is 0 Å². The van der Waals surface area contributed by atoms with Gasteiger partial charge in [0.1, 0.15) is 11.3 Å². The van der Waals surface area contributed by atoms with Crippen molar-refractivity contribution >= 4 is 57.3 Å². The fraction of sp³-hybridized carbons (Fsp3) is 0.240. The van der Waals surface area contributed by atoms with Gasteiger partial charge in [-0.2, -0.15) is 0 Å². The lowest BCUT2D eigenvalue weighted by atomic mass is 9.97. The SMILES string of the molecule is O=C(NCc1cccc(Cl)c1Cl)c1csc(C2CCN(C(=O)c3cc4ccccc4o3)CC2)n1. The Hall–Kier alpha value is -2.87. The van der Waals surface area contributed by atoms with Gasteiger partial charge in [0.05, 0.1) is 15.1 Å². The number of furan rings is 1. The van der Waals surface area contributed by atoms with Gasteiger partial charge in [0.25, 0.3) is 11.8 Å². The quantitative estimate of drug-likeness (QED) is 0.347. The Morgan fingerprint density at radius 2 is 1.91 bits per heavy atom. The van der Waals surface area contributed by atoms with Crippen LogP contribution in [0.3, 0.4) is 0 Å². The molecule has 1 aliphatic rings. The molecule has 9 heteroatoms. The van der Waals surface area contributed by atoms with Crippen molar-refractivity contribution in [1.82, 2.24) is 15.2 Å². The number of piperidine rings is 1. The monoisotopic (exact) mass is 513 g/mol. The predicted molar refractivity (Wildman–Crippen MR) is 134 cm³/mol. The Kier molecular flexibility index (Phi) is 6.59. The summed E-state index contributed by atoms with van der Waals surface area (Å²) in [5.74, 6) is 0.242. The van der Waals surface area contributed by atoms with Crippen molar-refractivity contribution in [2.45, 2.75) is 25.3 Å². The fourth-order valence-electron chi connectivity index (χ4n) is 4.10. The predicted octanol–water partition coefficient (Wildman–Crippen LogP) is 6.15. The van der Waals surface area contributed by atoms with E-state index in [2.05, 4.69) is 10.3 Å². The summed E-state index contributed by atoms with van der Waals surface area (Å²) >= 11 is 13.7. The highest BCUT2D eigenvalue weighted by atomic mass is 35.5. The number of fused-ring (bicyclic) bond motifs is 1. The first kappa shape index (κ1) is 22.9. The maximum atomic E-state index is 12.9. The first-order valence-electron chi connectivity index (χ1n) is 10.9. The van der Waals surface area contributed by atoms with Gasteiger partial charge < -0.3 is 14.6 Å². The third-order valence-electron chi connectivity index (χ3n) is 5.99. The lowest BCUT2D eigenvalue weighted by molar-refractivity contribution is 0.0683. The third kappa shape index (κ3) is 4.69. The minimum absolute atomic E-state index is 0.0893. The molecule has 0 radical (unpaired) electrons. The van der Waals surface area contributed by atoms with E-state index in [1.165, 1.54) is 11.3 Å². The summed E-state index contributed by atoms with van der Waals surface area (Å²) in [4.78, 5) is 31.9. The highest BCUT2D eigenvalue weighted by Crippen LogP contribution is 2.31. The van der Waals surface area contributed by atoms with Crippen molar-refractivity contribution in [3.63, 3.8) is 0 Å². The molecule has 0 aliphatic carbocycles. The van der Waals surface area contributed by atoms with E-state index in [1.54, 1.807) is 23.6 Å². The molecule has 0 bridgehead atoms. The Balaban J connectivity index is 1.17. The molecule has 0 saturated carbocycles. The number of benzene rings is 2. The van der Waals surface area contributed by atoms with Crippen LogP contribution in [-0.2, 0) is 6.54 Å². The van der Waals surface area contributed by atoms with Crippen LogP contribution in [-0.4, -0.2) is 34.8 Å². The Morgan fingerprint density at radius 1 is 1.12 bits per heavy atom. The second-order valence-electron chi connectivity index (χ2n) is 8.18. The standard InChI is InChI=1S/C25H21Cl2N3O3S/c26-18-6-3-5-17(22(18)27)13-28-23(31)19-14-34-24(29-19)15-8-10-30(11-9-15)25(32)21-12-16-4-1-2-7-20(16)33-21/h1-7,12,14-15H,8-11,13H2,(H,28,31). The van der Waals surface area contributed by atoms with E-state index in [0.717, 1.165) is 28.8 Å². The van der Waals surface area contributed by atoms with Crippen LogP contribution in [0.1, 0.15) is 50.4 Å². The summed E-state index contributed by atoms with van der Waals surface area (Å²) in [6.45, 7) is 1.51. The van der Waals surface area contributed by atoms with Crippen LogP contribution in [0.4, 0.5) is 0 Å². The lowest BCUT2D eigenvalue weighted by Crippen LogP contribution is -2.37. The van der Waals surface area contributed by atoms with Crippen LogP contribution in [0.2, 0.25) is 10.0 Å². The molecule has 3 heterocycles. The average Bonchev–Trinajstić information content (AvgIpc) is 3.52. The maximum Gasteiger partial charge on any atom is 0.289 e. The molecule has 1 saturated heterocycles. The number of carbonyl (C=O) groups is 2. The van der Waals surface area contributed by atoms with Gasteiger partial charge in [0.2, 0.25) is 0 Å². The largest absolute Gasteiger partial charge is 0.451 e. The van der Waals surface area contributed by atoms with Gasteiger partial charge in [0, 0.05) is 36.3 Å². The Morgan fingerprint density at radius 3 is 2.71 bits per heavy atom. The molecule has 0 unspecified atom stereocenters. The third-order valence-corrected chi connectivity index (χ3v) is 7.86. The normalized spacial score (nSPS) is 14.5. The molecule has 4 aromatic rings. The van der Waals surface area contributed by atoms with Gasteiger partial charge in [-0.1, -0.05) is 53.5 Å².